The Balaban J connectivity index is 2.12. The fourth-order valence-electron chi connectivity index (χ4n) is 2.85. The lowest BCUT2D eigenvalue weighted by Gasteiger charge is -2.33. The summed E-state index contributed by atoms with van der Waals surface area (Å²) in [6.45, 7) is 3.34. The van der Waals surface area contributed by atoms with E-state index in [0.29, 0.717) is 12.8 Å². The van der Waals surface area contributed by atoms with Crippen LogP contribution in [0, 0.1) is 10.1 Å². The van der Waals surface area contributed by atoms with Crippen LogP contribution < -0.4 is 4.74 Å². The predicted octanol–water partition coefficient (Wildman–Crippen LogP) is 1.18. The molecule has 0 unspecified atom stereocenters. The van der Waals surface area contributed by atoms with Crippen LogP contribution in [0.3, 0.4) is 0 Å². The minimum absolute atomic E-state index is 0.0594. The molecule has 1 aromatic heterocycles. The third-order valence-corrected chi connectivity index (χ3v) is 5.98. The summed E-state index contributed by atoms with van der Waals surface area (Å²) < 4.78 is 28.8. The fraction of sp³-hybridized carbons (Fsp3) is 0.600. The van der Waals surface area contributed by atoms with E-state index in [9.17, 15) is 23.3 Å². The Hall–Kier alpha value is -2.23. The highest BCUT2D eigenvalue weighted by atomic mass is 32.2. The van der Waals surface area contributed by atoms with E-state index < -0.39 is 33.1 Å². The van der Waals surface area contributed by atoms with Gasteiger partial charge in [-0.1, -0.05) is 6.92 Å². The first-order valence-corrected chi connectivity index (χ1v) is 9.81. The van der Waals surface area contributed by atoms with Crippen molar-refractivity contribution in [1.29, 1.82) is 0 Å². The number of carbonyl (C=O) groups is 1. The van der Waals surface area contributed by atoms with Crippen LogP contribution in [0.2, 0.25) is 0 Å². The lowest BCUT2D eigenvalue weighted by Crippen LogP contribution is -2.48. The van der Waals surface area contributed by atoms with Crippen LogP contribution in [0.5, 0.6) is 5.75 Å². The van der Waals surface area contributed by atoms with E-state index in [2.05, 4.69) is 4.98 Å². The molecule has 1 aliphatic rings. The Morgan fingerprint density at radius 1 is 1.56 bits per heavy atom. The zero-order chi connectivity index (χ0) is 18.6. The van der Waals surface area contributed by atoms with E-state index in [1.165, 1.54) is 23.2 Å². The first-order chi connectivity index (χ1) is 11.7. The van der Waals surface area contributed by atoms with Gasteiger partial charge >= 0.3 is 5.82 Å². The number of hydrogen-bond donors (Lipinski definition) is 0. The van der Waals surface area contributed by atoms with Crippen LogP contribution in [0.25, 0.3) is 0 Å². The maximum absolute atomic E-state index is 12.6. The molecule has 0 aliphatic carbocycles. The normalized spacial score (nSPS) is 20.0. The minimum atomic E-state index is -3.13. The zero-order valence-electron chi connectivity index (χ0n) is 14.1. The highest BCUT2D eigenvalue weighted by Crippen LogP contribution is 2.24. The average Bonchev–Trinajstić information content (AvgIpc) is 2.92. The second-order valence-corrected chi connectivity index (χ2v) is 8.21. The second kappa shape index (κ2) is 7.77. The number of nitrogens with zero attached hydrogens (tertiary/aromatic N) is 3. The number of carbonyl (C=O) groups excluding carboxylic acids is 1. The van der Waals surface area contributed by atoms with Gasteiger partial charge in [0.2, 0.25) is 5.75 Å². The van der Waals surface area contributed by atoms with Crippen molar-refractivity contribution in [3.05, 3.63) is 28.4 Å². The second-order valence-electron chi connectivity index (χ2n) is 5.99. The molecule has 2 heterocycles. The number of sulfone groups is 1. The van der Waals surface area contributed by atoms with Gasteiger partial charge < -0.3 is 19.8 Å². The quantitative estimate of drug-likeness (QED) is 0.521. The summed E-state index contributed by atoms with van der Waals surface area (Å²) in [5.74, 6) is -0.949. The molecule has 9 nitrogen and oxygen atoms in total. The molecule has 10 heteroatoms. The van der Waals surface area contributed by atoms with Crippen molar-refractivity contribution in [2.45, 2.75) is 38.8 Å². The van der Waals surface area contributed by atoms with Crippen molar-refractivity contribution in [2.24, 2.45) is 0 Å². The Labute approximate surface area is 146 Å². The lowest BCUT2D eigenvalue weighted by atomic mass is 10.1. The van der Waals surface area contributed by atoms with Crippen molar-refractivity contribution in [1.82, 2.24) is 9.88 Å². The molecule has 0 radical (unpaired) electrons. The Bertz CT molecular complexity index is 751. The number of hydrogen-bond acceptors (Lipinski definition) is 7. The lowest BCUT2D eigenvalue weighted by molar-refractivity contribution is -0.390. The van der Waals surface area contributed by atoms with Crippen LogP contribution >= 0.6 is 0 Å². The SMILES string of the molecule is CC[C@@H](C)N(C(=O)COc1cccnc1[N+](=O)[O-])[C@@H]1CCS(=O)(=O)C1. The van der Waals surface area contributed by atoms with Crippen molar-refractivity contribution in [2.75, 3.05) is 18.1 Å². The Morgan fingerprint density at radius 2 is 2.28 bits per heavy atom. The predicted molar refractivity (Wildman–Crippen MR) is 90.0 cm³/mol. The van der Waals surface area contributed by atoms with E-state index in [-0.39, 0.29) is 29.3 Å². The third kappa shape index (κ3) is 4.65. The van der Waals surface area contributed by atoms with E-state index in [4.69, 9.17) is 4.74 Å². The highest BCUT2D eigenvalue weighted by Gasteiger charge is 2.36. The van der Waals surface area contributed by atoms with Crippen LogP contribution in [-0.2, 0) is 14.6 Å². The summed E-state index contributed by atoms with van der Waals surface area (Å²) >= 11 is 0. The van der Waals surface area contributed by atoms with Gasteiger partial charge in [-0.05, 0) is 41.8 Å². The summed E-state index contributed by atoms with van der Waals surface area (Å²) in [5, 5.41) is 10.9. The molecule has 0 bridgehead atoms. The number of nitro groups is 1. The number of ether oxygens (including phenoxy) is 1. The molecule has 2 rings (SSSR count). The molecule has 1 fully saturated rings. The third-order valence-electron chi connectivity index (χ3n) is 4.23. The fourth-order valence-corrected chi connectivity index (χ4v) is 4.56. The maximum atomic E-state index is 12.6. The van der Waals surface area contributed by atoms with Gasteiger partial charge in [0, 0.05) is 12.1 Å². The van der Waals surface area contributed by atoms with Gasteiger partial charge in [-0.25, -0.2) is 8.42 Å². The molecular weight excluding hydrogens is 350 g/mol. The van der Waals surface area contributed by atoms with Gasteiger partial charge in [-0.2, -0.15) is 0 Å². The molecule has 0 N–H and O–H groups in total. The first-order valence-electron chi connectivity index (χ1n) is 7.99. The van der Waals surface area contributed by atoms with Crippen molar-refractivity contribution in [3.8, 4) is 5.75 Å². The van der Waals surface area contributed by atoms with Crippen LogP contribution in [0.15, 0.2) is 18.3 Å². The number of aromatic nitrogens is 1. The standard InChI is InChI=1S/C15H21N3O6S/c1-3-11(2)17(12-6-8-25(22,23)10-12)14(19)9-24-13-5-4-7-16-15(13)18(20)21/h4-5,7,11-12H,3,6,8-10H2,1-2H3/t11-,12-/m1/s1. The average molecular weight is 371 g/mol. The van der Waals surface area contributed by atoms with Crippen molar-refractivity contribution >= 4 is 21.6 Å². The molecule has 0 saturated carbocycles. The Morgan fingerprint density at radius 3 is 2.84 bits per heavy atom. The van der Waals surface area contributed by atoms with Crippen LogP contribution in [0.4, 0.5) is 5.82 Å². The van der Waals surface area contributed by atoms with E-state index in [1.807, 2.05) is 13.8 Å². The molecule has 1 aliphatic heterocycles. The smallest absolute Gasteiger partial charge is 0.406 e. The summed E-state index contributed by atoms with van der Waals surface area (Å²) in [6.07, 6.45) is 2.32. The summed E-state index contributed by atoms with van der Waals surface area (Å²) in [5.41, 5.74) is 0. The first kappa shape index (κ1) is 19.1. The molecule has 0 spiro atoms. The summed E-state index contributed by atoms with van der Waals surface area (Å²) in [4.78, 5) is 28.0. The maximum Gasteiger partial charge on any atom is 0.406 e. The van der Waals surface area contributed by atoms with Crippen molar-refractivity contribution in [3.63, 3.8) is 0 Å². The molecule has 1 aromatic rings. The molecule has 2 atom stereocenters. The largest absolute Gasteiger partial charge is 0.476 e. The molecule has 138 valence electrons. The molecule has 1 amide bonds. The Kier molecular flexibility index (Phi) is 5.93. The van der Waals surface area contributed by atoms with Gasteiger partial charge in [0.25, 0.3) is 5.91 Å². The van der Waals surface area contributed by atoms with E-state index in [1.54, 1.807) is 0 Å². The van der Waals surface area contributed by atoms with Gasteiger partial charge in [0.05, 0.1) is 11.5 Å². The zero-order valence-corrected chi connectivity index (χ0v) is 14.9. The monoisotopic (exact) mass is 371 g/mol. The molecular formula is C15H21N3O6S. The number of amides is 1. The van der Waals surface area contributed by atoms with Crippen LogP contribution in [-0.4, -0.2) is 59.3 Å². The van der Waals surface area contributed by atoms with Gasteiger partial charge in [-0.3, -0.25) is 4.79 Å². The minimum Gasteiger partial charge on any atom is -0.476 e. The number of rotatable bonds is 7. The van der Waals surface area contributed by atoms with E-state index >= 15 is 0 Å². The highest BCUT2D eigenvalue weighted by molar-refractivity contribution is 7.91. The van der Waals surface area contributed by atoms with Crippen molar-refractivity contribution < 1.29 is 22.9 Å². The van der Waals surface area contributed by atoms with Crippen LogP contribution in [0.1, 0.15) is 26.7 Å². The van der Waals surface area contributed by atoms with Gasteiger partial charge in [-0.15, -0.1) is 0 Å². The summed E-state index contributed by atoms with van der Waals surface area (Å²) in [6, 6.07) is 2.30. The summed E-state index contributed by atoms with van der Waals surface area (Å²) in [7, 11) is -3.13. The van der Waals surface area contributed by atoms with Gasteiger partial charge in [0.15, 0.2) is 16.4 Å². The molecule has 25 heavy (non-hydrogen) atoms. The molecule has 0 aromatic carbocycles. The molecule has 1 saturated heterocycles. The number of pyridine rings is 1. The van der Waals surface area contributed by atoms with Gasteiger partial charge in [0.1, 0.15) is 6.20 Å². The van der Waals surface area contributed by atoms with E-state index in [0.717, 1.165) is 0 Å². The topological polar surface area (TPSA) is 120 Å².